The summed E-state index contributed by atoms with van der Waals surface area (Å²) in [5.74, 6) is 1.16. The molecular formula is C16H20N6OS. The number of hydrogen-bond donors (Lipinski definition) is 3. The van der Waals surface area contributed by atoms with E-state index in [9.17, 15) is 0 Å². The van der Waals surface area contributed by atoms with Gasteiger partial charge in [0.1, 0.15) is 12.0 Å². The minimum atomic E-state index is 0.477. The number of nitrogens with zero attached hydrogens (tertiary/aromatic N) is 3. The second kappa shape index (κ2) is 7.41. The maximum atomic E-state index is 6.16. The molecule has 8 heteroatoms. The Hall–Kier alpha value is -2.45. The van der Waals surface area contributed by atoms with Crippen molar-refractivity contribution in [1.82, 2.24) is 15.0 Å². The predicted octanol–water partition coefficient (Wildman–Crippen LogP) is 3.17. The molecule has 0 fully saturated rings. The summed E-state index contributed by atoms with van der Waals surface area (Å²) >= 11 is 1.57. The van der Waals surface area contributed by atoms with E-state index >= 15 is 0 Å². The number of nitrogen functional groups attached to an aromatic ring is 1. The maximum Gasteiger partial charge on any atom is 0.189 e. The van der Waals surface area contributed by atoms with Crippen molar-refractivity contribution >= 4 is 44.0 Å². The molecule has 0 saturated carbocycles. The standard InChI is InChI=1S/C16H20N6OS/c1-10-4-5-11-12(8-10)24-16(21-11)22-15-13(17)14(19-9-20-15)18-6-3-7-23-2/h4-5,8-9H,3,6-7,17H2,1-2H3,(H2,18,19,20,21,22). The molecule has 0 spiro atoms. The average molecular weight is 344 g/mol. The lowest BCUT2D eigenvalue weighted by molar-refractivity contribution is 0.198. The molecule has 2 heterocycles. The Labute approximate surface area is 144 Å². The van der Waals surface area contributed by atoms with Gasteiger partial charge in [-0.25, -0.2) is 15.0 Å². The highest BCUT2D eigenvalue weighted by Gasteiger charge is 2.10. The van der Waals surface area contributed by atoms with Crippen LogP contribution in [0.2, 0.25) is 0 Å². The molecule has 126 valence electrons. The summed E-state index contributed by atoms with van der Waals surface area (Å²) in [5.41, 5.74) is 8.80. The van der Waals surface area contributed by atoms with Gasteiger partial charge >= 0.3 is 0 Å². The predicted molar refractivity (Wildman–Crippen MR) is 99.1 cm³/mol. The van der Waals surface area contributed by atoms with Crippen molar-refractivity contribution in [3.05, 3.63) is 30.1 Å². The quantitative estimate of drug-likeness (QED) is 0.566. The first kappa shape index (κ1) is 16.4. The van der Waals surface area contributed by atoms with Gasteiger partial charge in [-0.3, -0.25) is 0 Å². The molecule has 0 saturated heterocycles. The highest BCUT2D eigenvalue weighted by molar-refractivity contribution is 7.22. The van der Waals surface area contributed by atoms with Crippen LogP contribution in [-0.4, -0.2) is 35.2 Å². The lowest BCUT2D eigenvalue weighted by Crippen LogP contribution is -2.10. The highest BCUT2D eigenvalue weighted by atomic mass is 32.1. The first-order valence-electron chi connectivity index (χ1n) is 7.65. The minimum Gasteiger partial charge on any atom is -0.393 e. The first-order valence-corrected chi connectivity index (χ1v) is 8.46. The number of fused-ring (bicyclic) bond motifs is 1. The number of aromatic nitrogens is 3. The summed E-state index contributed by atoms with van der Waals surface area (Å²) in [6.45, 7) is 3.49. The van der Waals surface area contributed by atoms with E-state index in [0.717, 1.165) is 28.3 Å². The summed E-state index contributed by atoms with van der Waals surface area (Å²) in [6.07, 6.45) is 2.36. The number of thiazole rings is 1. The fourth-order valence-electron chi connectivity index (χ4n) is 2.25. The lowest BCUT2D eigenvalue weighted by atomic mass is 10.2. The van der Waals surface area contributed by atoms with Crippen LogP contribution < -0.4 is 16.4 Å². The van der Waals surface area contributed by atoms with E-state index in [1.165, 1.54) is 11.9 Å². The van der Waals surface area contributed by atoms with Crippen LogP contribution in [0.5, 0.6) is 0 Å². The molecule has 0 radical (unpaired) electrons. The molecule has 0 unspecified atom stereocenters. The first-order chi connectivity index (χ1) is 11.7. The van der Waals surface area contributed by atoms with E-state index in [1.54, 1.807) is 18.4 Å². The number of nitrogens with two attached hydrogens (primary N) is 1. The van der Waals surface area contributed by atoms with Crippen LogP contribution >= 0.6 is 11.3 Å². The zero-order valence-corrected chi connectivity index (χ0v) is 14.5. The van der Waals surface area contributed by atoms with Gasteiger partial charge in [0.15, 0.2) is 16.8 Å². The van der Waals surface area contributed by atoms with Crippen molar-refractivity contribution < 1.29 is 4.74 Å². The normalized spacial score (nSPS) is 10.9. The topological polar surface area (TPSA) is 98.0 Å². The third-order valence-corrected chi connectivity index (χ3v) is 4.40. The third-order valence-electron chi connectivity index (χ3n) is 3.47. The van der Waals surface area contributed by atoms with Crippen LogP contribution in [0.15, 0.2) is 24.5 Å². The molecule has 4 N–H and O–H groups in total. The second-order valence-electron chi connectivity index (χ2n) is 5.37. The van der Waals surface area contributed by atoms with Crippen LogP contribution in [-0.2, 0) is 4.74 Å². The number of aryl methyl sites for hydroxylation is 1. The molecule has 3 aromatic rings. The number of methoxy groups -OCH3 is 1. The molecule has 3 rings (SSSR count). The molecule has 0 aliphatic rings. The molecule has 0 amide bonds. The SMILES string of the molecule is COCCCNc1ncnc(Nc2nc3ccc(C)cc3s2)c1N. The Morgan fingerprint density at radius 3 is 2.92 bits per heavy atom. The van der Waals surface area contributed by atoms with Crippen molar-refractivity contribution in [3.63, 3.8) is 0 Å². The Morgan fingerprint density at radius 2 is 2.08 bits per heavy atom. The van der Waals surface area contributed by atoms with Crippen LogP contribution in [0, 0.1) is 6.92 Å². The fourth-order valence-corrected chi connectivity index (χ4v) is 3.21. The van der Waals surface area contributed by atoms with Gasteiger partial charge in [-0.05, 0) is 31.0 Å². The van der Waals surface area contributed by atoms with E-state index in [0.29, 0.717) is 23.9 Å². The van der Waals surface area contributed by atoms with Crippen LogP contribution in [0.1, 0.15) is 12.0 Å². The van der Waals surface area contributed by atoms with Gasteiger partial charge in [0.25, 0.3) is 0 Å². The second-order valence-corrected chi connectivity index (χ2v) is 6.40. The number of benzene rings is 1. The average Bonchev–Trinajstić information content (AvgIpc) is 2.96. The van der Waals surface area contributed by atoms with Gasteiger partial charge in [-0.1, -0.05) is 17.4 Å². The summed E-state index contributed by atoms with van der Waals surface area (Å²) in [5, 5.41) is 7.14. The van der Waals surface area contributed by atoms with E-state index < -0.39 is 0 Å². The van der Waals surface area contributed by atoms with Crippen LogP contribution in [0.4, 0.5) is 22.5 Å². The number of ether oxygens (including phenoxy) is 1. The number of hydrogen-bond acceptors (Lipinski definition) is 8. The summed E-state index contributed by atoms with van der Waals surface area (Å²) in [7, 11) is 1.68. The maximum absolute atomic E-state index is 6.16. The molecule has 2 aromatic heterocycles. The van der Waals surface area contributed by atoms with E-state index in [-0.39, 0.29) is 0 Å². The Morgan fingerprint density at radius 1 is 1.25 bits per heavy atom. The molecule has 0 aliphatic heterocycles. The third kappa shape index (κ3) is 3.72. The largest absolute Gasteiger partial charge is 0.393 e. The van der Waals surface area contributed by atoms with Crippen LogP contribution in [0.25, 0.3) is 10.2 Å². The minimum absolute atomic E-state index is 0.477. The molecule has 0 aliphatic carbocycles. The number of anilines is 4. The summed E-state index contributed by atoms with van der Waals surface area (Å²) < 4.78 is 6.15. The lowest BCUT2D eigenvalue weighted by Gasteiger charge is -2.11. The number of rotatable bonds is 7. The van der Waals surface area contributed by atoms with Crippen LogP contribution in [0.3, 0.4) is 0 Å². The van der Waals surface area contributed by atoms with Crippen molar-refractivity contribution in [3.8, 4) is 0 Å². The number of nitrogens with one attached hydrogen (secondary N) is 2. The zero-order valence-electron chi connectivity index (χ0n) is 13.7. The smallest absolute Gasteiger partial charge is 0.189 e. The van der Waals surface area contributed by atoms with E-state index in [1.807, 2.05) is 12.1 Å². The molecule has 7 nitrogen and oxygen atoms in total. The van der Waals surface area contributed by atoms with Gasteiger partial charge in [0, 0.05) is 20.3 Å². The Bertz CT molecular complexity index is 835. The molecule has 0 atom stereocenters. The monoisotopic (exact) mass is 344 g/mol. The van der Waals surface area contributed by atoms with E-state index in [4.69, 9.17) is 10.5 Å². The Kier molecular flexibility index (Phi) is 5.07. The molecule has 24 heavy (non-hydrogen) atoms. The van der Waals surface area contributed by atoms with Gasteiger partial charge in [-0.15, -0.1) is 0 Å². The molecular weight excluding hydrogens is 324 g/mol. The van der Waals surface area contributed by atoms with Gasteiger partial charge in [-0.2, -0.15) is 0 Å². The summed E-state index contributed by atoms with van der Waals surface area (Å²) in [6, 6.07) is 6.18. The van der Waals surface area contributed by atoms with Crippen molar-refractivity contribution in [2.24, 2.45) is 0 Å². The fraction of sp³-hybridized carbons (Fsp3) is 0.312. The summed E-state index contributed by atoms with van der Waals surface area (Å²) in [4.78, 5) is 13.0. The van der Waals surface area contributed by atoms with Gasteiger partial charge in [0.05, 0.1) is 10.2 Å². The van der Waals surface area contributed by atoms with Crippen molar-refractivity contribution in [2.45, 2.75) is 13.3 Å². The van der Waals surface area contributed by atoms with Gasteiger partial charge in [0.2, 0.25) is 0 Å². The van der Waals surface area contributed by atoms with Crippen molar-refractivity contribution in [1.29, 1.82) is 0 Å². The Balaban J connectivity index is 1.76. The van der Waals surface area contributed by atoms with E-state index in [2.05, 4.69) is 38.6 Å². The van der Waals surface area contributed by atoms with Crippen molar-refractivity contribution in [2.75, 3.05) is 36.6 Å². The molecule has 0 bridgehead atoms. The van der Waals surface area contributed by atoms with Gasteiger partial charge < -0.3 is 21.1 Å². The highest BCUT2D eigenvalue weighted by Crippen LogP contribution is 2.31. The zero-order chi connectivity index (χ0) is 16.9. The molecule has 1 aromatic carbocycles.